The maximum Gasteiger partial charge on any atom is 0.323 e. The van der Waals surface area contributed by atoms with Crippen LogP contribution in [-0.2, 0) is 17.9 Å². The zero-order chi connectivity index (χ0) is 24.0. The summed E-state index contributed by atoms with van der Waals surface area (Å²) in [5.41, 5.74) is 2.29. The number of rotatable bonds is 5. The van der Waals surface area contributed by atoms with Gasteiger partial charge in [-0.05, 0) is 30.7 Å². The predicted molar refractivity (Wildman–Crippen MR) is 130 cm³/mol. The maximum atomic E-state index is 15.0. The molecule has 0 radical (unpaired) electrons. The molecule has 34 heavy (non-hydrogen) atoms. The van der Waals surface area contributed by atoms with Crippen molar-refractivity contribution in [3.63, 3.8) is 0 Å². The van der Waals surface area contributed by atoms with Crippen molar-refractivity contribution in [3.05, 3.63) is 99.2 Å². The van der Waals surface area contributed by atoms with Gasteiger partial charge in [-0.25, -0.2) is 9.07 Å². The molecule has 0 aliphatic heterocycles. The van der Waals surface area contributed by atoms with Gasteiger partial charge in [0.05, 0.1) is 17.4 Å². The van der Waals surface area contributed by atoms with Crippen LogP contribution in [-0.4, -0.2) is 25.4 Å². The summed E-state index contributed by atoms with van der Waals surface area (Å²) in [6.07, 6.45) is 0. The average Bonchev–Trinajstić information content (AvgIpc) is 3.07. The zero-order valence-electron chi connectivity index (χ0n) is 18.1. The van der Waals surface area contributed by atoms with Crippen molar-refractivity contribution in [2.75, 3.05) is 0 Å². The highest BCUT2D eigenvalue weighted by Crippen LogP contribution is 2.38. The largest absolute Gasteiger partial charge is 0.480 e. The third kappa shape index (κ3) is 3.64. The minimum absolute atomic E-state index is 0.131. The number of carbonyl (C=O) groups is 1. The second-order valence-electron chi connectivity index (χ2n) is 8.07. The van der Waals surface area contributed by atoms with Gasteiger partial charge in [0.2, 0.25) is 0 Å². The molecule has 0 amide bonds. The summed E-state index contributed by atoms with van der Waals surface area (Å²) >= 11 is 6.19. The van der Waals surface area contributed by atoms with E-state index in [1.807, 2.05) is 30.3 Å². The summed E-state index contributed by atoms with van der Waals surface area (Å²) in [4.78, 5) is 24.8. The quantitative estimate of drug-likeness (QED) is 0.376. The molecule has 0 spiro atoms. The van der Waals surface area contributed by atoms with E-state index >= 15 is 4.39 Å². The van der Waals surface area contributed by atoms with Gasteiger partial charge in [-0.2, -0.15) is 5.10 Å². The van der Waals surface area contributed by atoms with E-state index in [-0.39, 0.29) is 22.6 Å². The summed E-state index contributed by atoms with van der Waals surface area (Å²) in [5, 5.41) is 15.8. The number of nitrogens with zero attached hydrogens (tertiary/aromatic N) is 3. The van der Waals surface area contributed by atoms with Crippen molar-refractivity contribution in [1.29, 1.82) is 0 Å². The first-order valence-electron chi connectivity index (χ1n) is 10.6. The van der Waals surface area contributed by atoms with Crippen LogP contribution in [0.3, 0.4) is 0 Å². The normalized spacial score (nSPS) is 11.4. The molecular formula is C26H19ClFN3O3. The molecule has 6 nitrogen and oxygen atoms in total. The number of hydrogen-bond acceptors (Lipinski definition) is 3. The molecule has 0 bridgehead atoms. The molecular weight excluding hydrogens is 457 g/mol. The van der Waals surface area contributed by atoms with E-state index in [0.717, 1.165) is 11.6 Å². The SMILES string of the molecule is Cc1c(-c2nn(Cc3ccccc3)c(=O)c3ccccc23)c2cc(Cl)cc(F)c2n1CC(=O)O. The molecule has 5 aromatic rings. The number of fused-ring (bicyclic) bond motifs is 2. The van der Waals surface area contributed by atoms with Gasteiger partial charge in [0.25, 0.3) is 5.56 Å². The van der Waals surface area contributed by atoms with Crippen molar-refractivity contribution in [2.45, 2.75) is 20.0 Å². The van der Waals surface area contributed by atoms with Crippen LogP contribution in [0.15, 0.2) is 71.5 Å². The minimum atomic E-state index is -1.10. The van der Waals surface area contributed by atoms with E-state index < -0.39 is 18.3 Å². The first kappa shape index (κ1) is 21.9. The zero-order valence-corrected chi connectivity index (χ0v) is 18.9. The number of aromatic nitrogens is 3. The van der Waals surface area contributed by atoms with Crippen LogP contribution in [0.4, 0.5) is 4.39 Å². The molecule has 0 aliphatic carbocycles. The first-order valence-corrected chi connectivity index (χ1v) is 11.0. The minimum Gasteiger partial charge on any atom is -0.480 e. The molecule has 8 heteroatoms. The lowest BCUT2D eigenvalue weighted by molar-refractivity contribution is -0.137. The molecule has 1 N–H and O–H groups in total. The van der Waals surface area contributed by atoms with Crippen molar-refractivity contribution in [2.24, 2.45) is 0 Å². The third-order valence-corrected chi connectivity index (χ3v) is 6.13. The standard InChI is InChI=1S/C26H19ClFN3O3/c1-15-23(20-11-17(27)12-21(28)25(20)30(15)14-22(32)33)24-18-9-5-6-10-19(18)26(34)31(29-24)13-16-7-3-2-4-8-16/h2-12H,13-14H2,1H3,(H,32,33). The average molecular weight is 476 g/mol. The molecule has 2 aromatic heterocycles. The monoisotopic (exact) mass is 475 g/mol. The van der Waals surface area contributed by atoms with E-state index in [4.69, 9.17) is 16.7 Å². The number of hydrogen-bond donors (Lipinski definition) is 1. The molecule has 0 aliphatic rings. The molecule has 5 rings (SSSR count). The molecule has 0 fully saturated rings. The van der Waals surface area contributed by atoms with Crippen LogP contribution in [0.2, 0.25) is 5.02 Å². The summed E-state index contributed by atoms with van der Waals surface area (Å²) in [5.74, 6) is -1.73. The topological polar surface area (TPSA) is 77.1 Å². The van der Waals surface area contributed by atoms with Crippen LogP contribution in [0, 0.1) is 12.7 Å². The van der Waals surface area contributed by atoms with E-state index in [9.17, 15) is 14.7 Å². The molecule has 170 valence electrons. The van der Waals surface area contributed by atoms with E-state index in [1.165, 1.54) is 9.25 Å². The van der Waals surface area contributed by atoms with Gasteiger partial charge in [0, 0.05) is 27.1 Å². The number of carboxylic acid groups (broad SMARTS) is 1. The lowest BCUT2D eigenvalue weighted by Crippen LogP contribution is -2.24. The van der Waals surface area contributed by atoms with Crippen molar-refractivity contribution >= 4 is 39.2 Å². The van der Waals surface area contributed by atoms with Crippen LogP contribution in [0.25, 0.3) is 32.9 Å². The van der Waals surface area contributed by atoms with Gasteiger partial charge in [-0.3, -0.25) is 9.59 Å². The fourth-order valence-electron chi connectivity index (χ4n) is 4.44. The van der Waals surface area contributed by atoms with Crippen molar-refractivity contribution in [3.8, 4) is 11.3 Å². The number of halogens is 2. The third-order valence-electron chi connectivity index (χ3n) is 5.91. The Kier molecular flexibility index (Phi) is 5.42. The fourth-order valence-corrected chi connectivity index (χ4v) is 4.65. The summed E-state index contributed by atoms with van der Waals surface area (Å²) < 4.78 is 17.8. The summed E-state index contributed by atoms with van der Waals surface area (Å²) in [6, 6.07) is 19.3. The van der Waals surface area contributed by atoms with Gasteiger partial charge in [-0.15, -0.1) is 0 Å². The Balaban J connectivity index is 1.87. The molecule has 0 atom stereocenters. The highest BCUT2D eigenvalue weighted by atomic mass is 35.5. The van der Waals surface area contributed by atoms with E-state index in [2.05, 4.69) is 0 Å². The van der Waals surface area contributed by atoms with Gasteiger partial charge in [0.1, 0.15) is 18.1 Å². The molecule has 3 aromatic carbocycles. The van der Waals surface area contributed by atoms with Crippen molar-refractivity contribution in [1.82, 2.24) is 14.3 Å². The highest BCUT2D eigenvalue weighted by Gasteiger charge is 2.24. The van der Waals surface area contributed by atoms with Gasteiger partial charge in [-0.1, -0.05) is 60.1 Å². The smallest absolute Gasteiger partial charge is 0.323 e. The second kappa shape index (κ2) is 8.43. The lowest BCUT2D eigenvalue weighted by Gasteiger charge is -2.12. The molecule has 0 unspecified atom stereocenters. The molecule has 0 saturated heterocycles. The predicted octanol–water partition coefficient (Wildman–Crippen LogP) is 5.25. The van der Waals surface area contributed by atoms with Gasteiger partial charge in [0.15, 0.2) is 0 Å². The maximum absolute atomic E-state index is 15.0. The fraction of sp³-hybridized carbons (Fsp3) is 0.115. The summed E-state index contributed by atoms with van der Waals surface area (Å²) in [6.45, 7) is 1.54. The Labute approximate surface area is 198 Å². The van der Waals surface area contributed by atoms with Crippen LogP contribution < -0.4 is 5.56 Å². The Morgan fingerprint density at radius 1 is 1.03 bits per heavy atom. The number of carboxylic acids is 1. The number of aliphatic carboxylic acids is 1. The highest BCUT2D eigenvalue weighted by molar-refractivity contribution is 6.31. The Hall–Kier alpha value is -3.97. The van der Waals surface area contributed by atoms with E-state index in [1.54, 1.807) is 37.3 Å². The lowest BCUT2D eigenvalue weighted by atomic mass is 10.0. The van der Waals surface area contributed by atoms with Crippen molar-refractivity contribution < 1.29 is 14.3 Å². The Morgan fingerprint density at radius 2 is 1.71 bits per heavy atom. The van der Waals surface area contributed by atoms with Crippen LogP contribution >= 0.6 is 11.6 Å². The first-order chi connectivity index (χ1) is 16.3. The number of benzene rings is 3. The van der Waals surface area contributed by atoms with Gasteiger partial charge >= 0.3 is 5.97 Å². The van der Waals surface area contributed by atoms with E-state index in [0.29, 0.717) is 33.1 Å². The van der Waals surface area contributed by atoms with Crippen LogP contribution in [0.5, 0.6) is 0 Å². The van der Waals surface area contributed by atoms with Gasteiger partial charge < -0.3 is 9.67 Å². The molecule has 0 saturated carbocycles. The Morgan fingerprint density at radius 3 is 2.41 bits per heavy atom. The molecule has 2 heterocycles. The second-order valence-corrected chi connectivity index (χ2v) is 8.50. The van der Waals surface area contributed by atoms with Crippen LogP contribution in [0.1, 0.15) is 11.3 Å². The Bertz CT molecular complexity index is 1640. The summed E-state index contributed by atoms with van der Waals surface area (Å²) in [7, 11) is 0.